The highest BCUT2D eigenvalue weighted by atomic mass is 16.4. The molecule has 0 aliphatic carbocycles. The minimum atomic E-state index is -1.11. The first kappa shape index (κ1) is 25.4. The second-order valence-corrected chi connectivity index (χ2v) is 7.09. The van der Waals surface area contributed by atoms with Crippen molar-refractivity contribution in [3.63, 3.8) is 0 Å². The molecular weight excluding hydrogens is 346 g/mol. The molecule has 0 radical (unpaired) electrons. The molecule has 0 saturated carbocycles. The van der Waals surface area contributed by atoms with Crippen molar-refractivity contribution >= 4 is 17.8 Å². The first-order valence-electron chi connectivity index (χ1n) is 10.5. The molecule has 0 aliphatic heterocycles. The van der Waals surface area contributed by atoms with Crippen molar-refractivity contribution in [1.29, 1.82) is 0 Å². The molecule has 0 aromatic rings. The maximum atomic E-state index is 12.1. The summed E-state index contributed by atoms with van der Waals surface area (Å²) in [4.78, 5) is 34.8. The summed E-state index contributed by atoms with van der Waals surface area (Å²) >= 11 is 0. The Labute approximate surface area is 163 Å². The Bertz CT molecular complexity index is 416. The van der Waals surface area contributed by atoms with Gasteiger partial charge in [-0.25, -0.2) is 0 Å². The van der Waals surface area contributed by atoms with E-state index in [9.17, 15) is 14.4 Å². The van der Waals surface area contributed by atoms with E-state index in [0.717, 1.165) is 25.7 Å². The van der Waals surface area contributed by atoms with Gasteiger partial charge < -0.3 is 21.5 Å². The fraction of sp³-hybridized carbons (Fsp3) is 0.850. The van der Waals surface area contributed by atoms with E-state index in [4.69, 9.17) is 10.8 Å². The third-order valence-corrected chi connectivity index (χ3v) is 4.52. The van der Waals surface area contributed by atoms with Gasteiger partial charge in [0, 0.05) is 6.42 Å². The van der Waals surface area contributed by atoms with Crippen molar-refractivity contribution in [3.8, 4) is 0 Å². The van der Waals surface area contributed by atoms with E-state index in [1.54, 1.807) is 0 Å². The lowest BCUT2D eigenvalue weighted by Crippen LogP contribution is -2.47. The summed E-state index contributed by atoms with van der Waals surface area (Å²) in [7, 11) is 0. The van der Waals surface area contributed by atoms with Crippen LogP contribution in [0.5, 0.6) is 0 Å². The fourth-order valence-electron chi connectivity index (χ4n) is 2.91. The van der Waals surface area contributed by atoms with Crippen molar-refractivity contribution in [2.24, 2.45) is 5.73 Å². The van der Waals surface area contributed by atoms with E-state index in [1.165, 1.54) is 38.5 Å². The molecular formula is C20H39N3O4. The van der Waals surface area contributed by atoms with Crippen molar-refractivity contribution in [2.45, 2.75) is 96.4 Å². The zero-order chi connectivity index (χ0) is 20.3. The second-order valence-electron chi connectivity index (χ2n) is 7.09. The van der Waals surface area contributed by atoms with E-state index >= 15 is 0 Å². The maximum absolute atomic E-state index is 12.1. The minimum absolute atomic E-state index is 0.152. The number of hydrogen-bond donors (Lipinski definition) is 4. The number of carboxylic acid groups (broad SMARTS) is 1. The molecule has 0 saturated heterocycles. The summed E-state index contributed by atoms with van der Waals surface area (Å²) in [5, 5.41) is 13.7. The topological polar surface area (TPSA) is 122 Å². The first-order chi connectivity index (χ1) is 13.0. The molecule has 27 heavy (non-hydrogen) atoms. The normalized spacial score (nSPS) is 11.8. The van der Waals surface area contributed by atoms with Gasteiger partial charge >= 0.3 is 5.97 Å². The molecule has 0 bridgehead atoms. The number of rotatable bonds is 18. The van der Waals surface area contributed by atoms with Crippen LogP contribution in [0, 0.1) is 0 Å². The Morgan fingerprint density at radius 1 is 0.889 bits per heavy atom. The van der Waals surface area contributed by atoms with Crippen LogP contribution in [-0.4, -0.2) is 42.0 Å². The number of nitrogens with one attached hydrogen (secondary N) is 2. The van der Waals surface area contributed by atoms with Gasteiger partial charge in [0.05, 0.1) is 0 Å². The molecule has 7 nitrogen and oxygen atoms in total. The summed E-state index contributed by atoms with van der Waals surface area (Å²) in [5.41, 5.74) is 5.46. The molecule has 5 N–H and O–H groups in total. The average Bonchev–Trinajstić information content (AvgIpc) is 2.64. The van der Waals surface area contributed by atoms with Crippen molar-refractivity contribution < 1.29 is 19.5 Å². The molecule has 0 aromatic heterocycles. The highest BCUT2D eigenvalue weighted by Crippen LogP contribution is 2.10. The highest BCUT2D eigenvalue weighted by Gasteiger charge is 2.20. The lowest BCUT2D eigenvalue weighted by atomic mass is 10.1. The highest BCUT2D eigenvalue weighted by molar-refractivity contribution is 5.89. The van der Waals surface area contributed by atoms with Gasteiger partial charge in [-0.05, 0) is 32.2 Å². The lowest BCUT2D eigenvalue weighted by molar-refractivity contribution is -0.138. The summed E-state index contributed by atoms with van der Waals surface area (Å²) < 4.78 is 0. The molecule has 0 aliphatic rings. The minimum Gasteiger partial charge on any atom is -0.480 e. The smallest absolute Gasteiger partial charge is 0.322 e. The third-order valence-electron chi connectivity index (χ3n) is 4.52. The zero-order valence-corrected chi connectivity index (χ0v) is 16.9. The monoisotopic (exact) mass is 385 g/mol. The van der Waals surface area contributed by atoms with Crippen LogP contribution in [0.2, 0.25) is 0 Å². The van der Waals surface area contributed by atoms with Crippen LogP contribution >= 0.6 is 0 Å². The predicted octanol–water partition coefficient (Wildman–Crippen LogP) is 2.72. The predicted molar refractivity (Wildman–Crippen MR) is 107 cm³/mol. The maximum Gasteiger partial charge on any atom is 0.322 e. The molecule has 0 spiro atoms. The second kappa shape index (κ2) is 17.8. The molecule has 0 unspecified atom stereocenters. The molecule has 2 amide bonds. The number of nitrogens with two attached hydrogens (primary N) is 1. The van der Waals surface area contributed by atoms with Crippen LogP contribution < -0.4 is 16.4 Å². The van der Waals surface area contributed by atoms with Crippen LogP contribution in [0.1, 0.15) is 90.4 Å². The number of carbonyl (C=O) groups excluding carboxylic acids is 2. The summed E-state index contributed by atoms with van der Waals surface area (Å²) in [6, 6.07) is -0.693. The van der Waals surface area contributed by atoms with Gasteiger partial charge in [-0.15, -0.1) is 0 Å². The first-order valence-corrected chi connectivity index (χ1v) is 10.5. The summed E-state index contributed by atoms with van der Waals surface area (Å²) in [6.07, 6.45) is 13.0. The van der Waals surface area contributed by atoms with Crippen molar-refractivity contribution in [2.75, 3.05) is 13.1 Å². The van der Waals surface area contributed by atoms with Gasteiger partial charge in [-0.1, -0.05) is 58.3 Å². The van der Waals surface area contributed by atoms with E-state index in [0.29, 0.717) is 25.8 Å². The van der Waals surface area contributed by atoms with E-state index < -0.39 is 24.5 Å². The number of carbonyl (C=O) groups is 3. The summed E-state index contributed by atoms with van der Waals surface area (Å²) in [6.45, 7) is 2.29. The van der Waals surface area contributed by atoms with E-state index in [1.807, 2.05) is 0 Å². The Hall–Kier alpha value is -1.63. The fourth-order valence-corrected chi connectivity index (χ4v) is 2.91. The average molecular weight is 386 g/mol. The van der Waals surface area contributed by atoms with Gasteiger partial charge in [0.2, 0.25) is 11.8 Å². The van der Waals surface area contributed by atoms with E-state index in [-0.39, 0.29) is 5.91 Å². The third kappa shape index (κ3) is 16.3. The number of carboxylic acids is 1. The molecule has 0 fully saturated rings. The molecule has 0 heterocycles. The molecule has 7 heteroatoms. The number of amides is 2. The van der Waals surface area contributed by atoms with Gasteiger partial charge in [-0.2, -0.15) is 0 Å². The van der Waals surface area contributed by atoms with E-state index in [2.05, 4.69) is 17.6 Å². The number of hydrogen-bond acceptors (Lipinski definition) is 4. The Balaban J connectivity index is 4.01. The van der Waals surface area contributed by atoms with Crippen LogP contribution in [0.4, 0.5) is 0 Å². The van der Waals surface area contributed by atoms with Crippen molar-refractivity contribution in [3.05, 3.63) is 0 Å². The lowest BCUT2D eigenvalue weighted by Gasteiger charge is -2.18. The van der Waals surface area contributed by atoms with Gasteiger partial charge in [0.1, 0.15) is 12.6 Å². The van der Waals surface area contributed by atoms with Crippen LogP contribution in [0.3, 0.4) is 0 Å². The van der Waals surface area contributed by atoms with Gasteiger partial charge in [-0.3, -0.25) is 14.4 Å². The number of aliphatic carboxylic acids is 1. The van der Waals surface area contributed by atoms with Gasteiger partial charge in [0.25, 0.3) is 0 Å². The molecule has 1 atom stereocenters. The molecule has 0 aromatic carbocycles. The number of unbranched alkanes of at least 4 members (excludes halogenated alkanes) is 9. The molecule has 0 rings (SSSR count). The summed E-state index contributed by atoms with van der Waals surface area (Å²) in [5.74, 6) is -1.71. The Morgan fingerprint density at radius 2 is 1.48 bits per heavy atom. The Kier molecular flexibility index (Phi) is 16.7. The largest absolute Gasteiger partial charge is 0.480 e. The van der Waals surface area contributed by atoms with Crippen molar-refractivity contribution in [1.82, 2.24) is 10.6 Å². The van der Waals surface area contributed by atoms with Gasteiger partial charge in [0.15, 0.2) is 0 Å². The zero-order valence-electron chi connectivity index (χ0n) is 16.9. The van der Waals surface area contributed by atoms with Crippen LogP contribution in [-0.2, 0) is 14.4 Å². The molecule has 158 valence electrons. The quantitative estimate of drug-likeness (QED) is 0.270. The SMILES string of the molecule is CCCCCCCCCCCC(=O)N[C@@H](CCCCN)C(=O)NCC(=O)O. The van der Waals surface area contributed by atoms with Crippen LogP contribution in [0.25, 0.3) is 0 Å². The van der Waals surface area contributed by atoms with Crippen LogP contribution in [0.15, 0.2) is 0 Å². The Morgan fingerprint density at radius 3 is 2.04 bits per heavy atom. The standard InChI is InChI=1S/C20H39N3O4/c1-2-3-4-5-6-7-8-9-10-14-18(24)23-17(13-11-12-15-21)20(27)22-16-19(25)26/h17H,2-16,21H2,1H3,(H,22,27)(H,23,24)(H,25,26)/t17-/m0/s1.